The largest absolute Gasteiger partial charge is 0.274 e. The fourth-order valence-corrected chi connectivity index (χ4v) is 6.00. The average Bonchev–Trinajstić information content (AvgIpc) is 3.27. The number of amides is 2. The maximum Gasteiger partial charge on any atom is 0.238 e. The number of rotatable bonds is 1. The minimum absolute atomic E-state index is 0.0441. The first kappa shape index (κ1) is 14.9. The average molecular weight is 386 g/mol. The van der Waals surface area contributed by atoms with Crippen LogP contribution in [0.25, 0.3) is 0 Å². The lowest BCUT2D eigenvalue weighted by Gasteiger charge is -2.34. The van der Waals surface area contributed by atoms with Crippen LogP contribution in [0.3, 0.4) is 0 Å². The monoisotopic (exact) mass is 385 g/mol. The number of hydrogen-bond donors (Lipinski definition) is 0. The van der Waals surface area contributed by atoms with Crippen molar-refractivity contribution in [2.45, 2.75) is 38.5 Å². The lowest BCUT2D eigenvalue weighted by Crippen LogP contribution is -2.35. The van der Waals surface area contributed by atoms with Gasteiger partial charge < -0.3 is 0 Å². The van der Waals surface area contributed by atoms with E-state index >= 15 is 0 Å². The van der Waals surface area contributed by atoms with Crippen LogP contribution in [-0.4, -0.2) is 11.8 Å². The van der Waals surface area contributed by atoms with E-state index in [0.717, 1.165) is 35.8 Å². The third-order valence-electron chi connectivity index (χ3n) is 6.58. The molecule has 0 aromatic heterocycles. The number of imide groups is 1. The highest BCUT2D eigenvalue weighted by molar-refractivity contribution is 9.10. The fraction of sp³-hybridized carbons (Fsp3) is 0.500. The van der Waals surface area contributed by atoms with Crippen molar-refractivity contribution >= 4 is 33.4 Å². The van der Waals surface area contributed by atoms with Gasteiger partial charge in [-0.1, -0.05) is 27.1 Å². The highest BCUT2D eigenvalue weighted by Gasteiger charge is 2.59. The molecule has 3 fully saturated rings. The van der Waals surface area contributed by atoms with Gasteiger partial charge in [0, 0.05) is 4.47 Å². The lowest BCUT2D eigenvalue weighted by molar-refractivity contribution is -0.122. The molecule has 1 heterocycles. The SMILES string of the molecule is O=C1[C@@H]2[C@H](C(=O)N1c1ccc(Br)cc1)[C@H]1CCCC1=C1CCC[C@@H]12. The van der Waals surface area contributed by atoms with Crippen LogP contribution in [0.1, 0.15) is 38.5 Å². The molecule has 0 unspecified atom stereocenters. The molecule has 4 aliphatic rings. The number of halogens is 1. The quantitative estimate of drug-likeness (QED) is 0.528. The molecule has 5 rings (SSSR count). The predicted octanol–water partition coefficient (Wildman–Crippen LogP) is 4.47. The van der Waals surface area contributed by atoms with Gasteiger partial charge >= 0.3 is 0 Å². The molecule has 3 nitrogen and oxygen atoms in total. The number of allylic oxidation sites excluding steroid dienone is 2. The van der Waals surface area contributed by atoms with E-state index in [-0.39, 0.29) is 23.7 Å². The van der Waals surface area contributed by atoms with E-state index in [4.69, 9.17) is 0 Å². The summed E-state index contributed by atoms with van der Waals surface area (Å²) in [6.07, 6.45) is 6.83. The van der Waals surface area contributed by atoms with Crippen molar-refractivity contribution < 1.29 is 9.59 Å². The lowest BCUT2D eigenvalue weighted by atomic mass is 9.66. The third kappa shape index (κ3) is 1.89. The molecule has 124 valence electrons. The van der Waals surface area contributed by atoms with Crippen LogP contribution < -0.4 is 4.90 Å². The van der Waals surface area contributed by atoms with Crippen LogP contribution in [0, 0.1) is 23.7 Å². The molecule has 1 saturated heterocycles. The maximum atomic E-state index is 13.2. The molecule has 1 aromatic rings. The van der Waals surface area contributed by atoms with Crippen molar-refractivity contribution in [3.63, 3.8) is 0 Å². The first-order chi connectivity index (χ1) is 11.7. The molecule has 2 saturated carbocycles. The van der Waals surface area contributed by atoms with Crippen LogP contribution >= 0.6 is 15.9 Å². The molecular formula is C20H20BrNO2. The minimum Gasteiger partial charge on any atom is -0.274 e. The molecule has 2 amide bonds. The van der Waals surface area contributed by atoms with Crippen molar-refractivity contribution in [3.05, 3.63) is 39.9 Å². The number of carbonyl (C=O) groups excluding carboxylic acids is 2. The summed E-state index contributed by atoms with van der Waals surface area (Å²) in [5.41, 5.74) is 3.83. The van der Waals surface area contributed by atoms with Gasteiger partial charge in [-0.2, -0.15) is 0 Å². The molecule has 4 atom stereocenters. The molecule has 24 heavy (non-hydrogen) atoms. The number of anilines is 1. The zero-order chi connectivity index (χ0) is 16.4. The van der Waals surface area contributed by atoms with E-state index in [1.165, 1.54) is 17.7 Å². The summed E-state index contributed by atoms with van der Waals surface area (Å²) in [7, 11) is 0. The van der Waals surface area contributed by atoms with Crippen molar-refractivity contribution in [2.24, 2.45) is 23.7 Å². The Labute approximate surface area is 150 Å². The molecule has 3 aliphatic carbocycles. The first-order valence-electron chi connectivity index (χ1n) is 9.02. The fourth-order valence-electron chi connectivity index (χ4n) is 5.74. The van der Waals surface area contributed by atoms with E-state index in [0.29, 0.717) is 11.8 Å². The van der Waals surface area contributed by atoms with Gasteiger partial charge in [0.1, 0.15) is 0 Å². The molecular weight excluding hydrogens is 366 g/mol. The van der Waals surface area contributed by atoms with Crippen LogP contribution in [-0.2, 0) is 9.59 Å². The Morgan fingerprint density at radius 3 is 1.83 bits per heavy atom. The number of carbonyl (C=O) groups is 2. The van der Waals surface area contributed by atoms with Gasteiger partial charge in [-0.3, -0.25) is 14.5 Å². The minimum atomic E-state index is -0.106. The summed E-state index contributed by atoms with van der Waals surface area (Å²) in [6.45, 7) is 0. The smallest absolute Gasteiger partial charge is 0.238 e. The van der Waals surface area contributed by atoms with Crippen molar-refractivity contribution in [1.82, 2.24) is 0 Å². The summed E-state index contributed by atoms with van der Waals surface area (Å²) >= 11 is 3.42. The number of nitrogens with zero attached hydrogens (tertiary/aromatic N) is 1. The van der Waals surface area contributed by atoms with Crippen molar-refractivity contribution in [2.75, 3.05) is 4.90 Å². The zero-order valence-electron chi connectivity index (χ0n) is 13.5. The second-order valence-corrected chi connectivity index (χ2v) is 8.50. The topological polar surface area (TPSA) is 37.4 Å². The van der Waals surface area contributed by atoms with E-state index in [1.54, 1.807) is 11.1 Å². The van der Waals surface area contributed by atoms with Gasteiger partial charge in [0.2, 0.25) is 11.8 Å². The number of benzene rings is 1. The Kier molecular flexibility index (Phi) is 3.28. The van der Waals surface area contributed by atoms with Gasteiger partial charge in [-0.25, -0.2) is 0 Å². The van der Waals surface area contributed by atoms with Crippen LogP contribution in [0.15, 0.2) is 39.9 Å². The Hall–Kier alpha value is -1.42. The maximum absolute atomic E-state index is 13.2. The van der Waals surface area contributed by atoms with Gasteiger partial charge in [-0.05, 0) is 74.6 Å². The standard InChI is InChI=1S/C20H20BrNO2/c21-11-7-9-12(10-8-11)22-19(23)17-15-5-1-3-13(15)14-4-2-6-16(14)18(17)20(22)24/h7-10,15-18H,1-6H2/t15-,16-,17-,18+/m0/s1. The Morgan fingerprint density at radius 1 is 0.833 bits per heavy atom. The zero-order valence-corrected chi connectivity index (χ0v) is 15.1. The van der Waals surface area contributed by atoms with Crippen LogP contribution in [0.2, 0.25) is 0 Å². The van der Waals surface area contributed by atoms with Gasteiger partial charge in [0.15, 0.2) is 0 Å². The predicted molar refractivity (Wildman–Crippen MR) is 95.3 cm³/mol. The summed E-state index contributed by atoms with van der Waals surface area (Å²) in [5, 5.41) is 0. The molecule has 0 N–H and O–H groups in total. The van der Waals surface area contributed by atoms with Crippen molar-refractivity contribution in [3.8, 4) is 0 Å². The van der Waals surface area contributed by atoms with E-state index in [9.17, 15) is 9.59 Å². The Bertz CT molecular complexity index is 724. The Morgan fingerprint density at radius 2 is 1.33 bits per heavy atom. The van der Waals surface area contributed by atoms with E-state index < -0.39 is 0 Å². The van der Waals surface area contributed by atoms with E-state index in [2.05, 4.69) is 15.9 Å². The first-order valence-corrected chi connectivity index (χ1v) is 9.81. The molecule has 4 heteroatoms. The summed E-state index contributed by atoms with van der Waals surface area (Å²) < 4.78 is 0.959. The number of hydrogen-bond acceptors (Lipinski definition) is 2. The molecule has 0 spiro atoms. The van der Waals surface area contributed by atoms with Gasteiger partial charge in [0.25, 0.3) is 0 Å². The number of fused-ring (bicyclic) bond motifs is 5. The van der Waals surface area contributed by atoms with Crippen molar-refractivity contribution in [1.29, 1.82) is 0 Å². The highest BCUT2D eigenvalue weighted by Crippen LogP contribution is 2.57. The molecule has 1 aromatic carbocycles. The molecule has 1 aliphatic heterocycles. The Balaban J connectivity index is 1.60. The third-order valence-corrected chi connectivity index (χ3v) is 7.11. The molecule has 0 radical (unpaired) electrons. The summed E-state index contributed by atoms with van der Waals surface area (Å²) in [6, 6.07) is 7.54. The summed E-state index contributed by atoms with van der Waals surface area (Å²) in [4.78, 5) is 28.0. The second kappa shape index (κ2) is 5.29. The van der Waals surface area contributed by atoms with Crippen LogP contribution in [0.4, 0.5) is 5.69 Å². The summed E-state index contributed by atoms with van der Waals surface area (Å²) in [5.74, 6) is 0.536. The highest BCUT2D eigenvalue weighted by atomic mass is 79.9. The second-order valence-electron chi connectivity index (χ2n) is 7.59. The molecule has 0 bridgehead atoms. The normalized spacial score (nSPS) is 34.6. The van der Waals surface area contributed by atoms with Gasteiger partial charge in [0.05, 0.1) is 17.5 Å². The van der Waals surface area contributed by atoms with Gasteiger partial charge in [-0.15, -0.1) is 0 Å². The van der Waals surface area contributed by atoms with Crippen LogP contribution in [0.5, 0.6) is 0 Å². The van der Waals surface area contributed by atoms with E-state index in [1.807, 2.05) is 24.3 Å².